The van der Waals surface area contributed by atoms with E-state index >= 15 is 0 Å². The van der Waals surface area contributed by atoms with Crippen LogP contribution in [0.25, 0.3) is 5.69 Å². The third kappa shape index (κ3) is 4.69. The molecule has 0 saturated carbocycles. The Kier molecular flexibility index (Phi) is 6.17. The Labute approximate surface area is 165 Å². The lowest BCUT2D eigenvalue weighted by Gasteiger charge is -2.11. The number of carbonyl (C=O) groups is 1. The van der Waals surface area contributed by atoms with Gasteiger partial charge in [0.25, 0.3) is 0 Å². The van der Waals surface area contributed by atoms with Crippen LogP contribution in [0.2, 0.25) is 0 Å². The van der Waals surface area contributed by atoms with Crippen LogP contribution in [0, 0.1) is 0 Å². The van der Waals surface area contributed by atoms with Crippen molar-refractivity contribution < 1.29 is 4.79 Å². The molecule has 0 aliphatic carbocycles. The molecule has 2 aromatic heterocycles. The fourth-order valence-corrected chi connectivity index (χ4v) is 3.77. The maximum absolute atomic E-state index is 12.4. The standard InChI is InChI=1S/C17H21N7OS2/c1-5-14-19-20-16(27-14)18-15(25)11(4)26-17-21-22-23-24(17)13-8-6-12(7-9-13)10(2)3/h6-11H,5H2,1-4H3,(H,18,20,25). The molecule has 142 valence electrons. The zero-order valence-corrected chi connectivity index (χ0v) is 17.2. The molecule has 1 aromatic carbocycles. The number of hydrogen-bond acceptors (Lipinski definition) is 8. The number of thioether (sulfide) groups is 1. The van der Waals surface area contributed by atoms with Crippen molar-refractivity contribution in [1.29, 1.82) is 0 Å². The number of benzene rings is 1. The van der Waals surface area contributed by atoms with Gasteiger partial charge in [0, 0.05) is 0 Å². The minimum absolute atomic E-state index is 0.163. The molecule has 3 aromatic rings. The number of carbonyl (C=O) groups excluding carboxylic acids is 1. The summed E-state index contributed by atoms with van der Waals surface area (Å²) in [6.07, 6.45) is 0.794. The third-order valence-electron chi connectivity index (χ3n) is 3.90. The van der Waals surface area contributed by atoms with Crippen molar-refractivity contribution >= 4 is 34.1 Å². The molecule has 1 amide bonds. The van der Waals surface area contributed by atoms with Gasteiger partial charge in [0.1, 0.15) is 5.01 Å². The molecule has 1 N–H and O–H groups in total. The Morgan fingerprint density at radius 1 is 1.19 bits per heavy atom. The average molecular weight is 404 g/mol. The van der Waals surface area contributed by atoms with Crippen molar-refractivity contribution in [3.8, 4) is 5.69 Å². The van der Waals surface area contributed by atoms with Gasteiger partial charge in [-0.05, 0) is 47.4 Å². The molecule has 27 heavy (non-hydrogen) atoms. The summed E-state index contributed by atoms with van der Waals surface area (Å²) in [5, 5.41) is 24.2. The molecule has 0 fully saturated rings. The van der Waals surface area contributed by atoms with Gasteiger partial charge in [-0.3, -0.25) is 10.1 Å². The molecule has 1 unspecified atom stereocenters. The fourth-order valence-electron chi connectivity index (χ4n) is 2.28. The van der Waals surface area contributed by atoms with Crippen molar-refractivity contribution in [1.82, 2.24) is 30.4 Å². The first-order valence-corrected chi connectivity index (χ1v) is 10.4. The summed E-state index contributed by atoms with van der Waals surface area (Å²) in [7, 11) is 0. The summed E-state index contributed by atoms with van der Waals surface area (Å²) in [5.74, 6) is 0.294. The van der Waals surface area contributed by atoms with Gasteiger partial charge >= 0.3 is 0 Å². The summed E-state index contributed by atoms with van der Waals surface area (Å²) in [5.41, 5.74) is 2.11. The minimum Gasteiger partial charge on any atom is -0.300 e. The second kappa shape index (κ2) is 8.57. The number of tetrazole rings is 1. The van der Waals surface area contributed by atoms with Gasteiger partial charge in [0.2, 0.25) is 16.2 Å². The van der Waals surface area contributed by atoms with Gasteiger partial charge < -0.3 is 0 Å². The van der Waals surface area contributed by atoms with E-state index in [2.05, 4.69) is 57.0 Å². The van der Waals surface area contributed by atoms with Crippen LogP contribution in [-0.2, 0) is 11.2 Å². The summed E-state index contributed by atoms with van der Waals surface area (Å²) in [6, 6.07) is 8.09. The highest BCUT2D eigenvalue weighted by atomic mass is 32.2. The van der Waals surface area contributed by atoms with Crippen molar-refractivity contribution in [3.63, 3.8) is 0 Å². The Morgan fingerprint density at radius 3 is 2.56 bits per heavy atom. The molecule has 0 radical (unpaired) electrons. The maximum atomic E-state index is 12.4. The predicted molar refractivity (Wildman–Crippen MR) is 106 cm³/mol. The number of anilines is 1. The highest BCUT2D eigenvalue weighted by molar-refractivity contribution is 8.00. The Morgan fingerprint density at radius 2 is 1.93 bits per heavy atom. The van der Waals surface area contributed by atoms with E-state index in [1.165, 1.54) is 28.7 Å². The van der Waals surface area contributed by atoms with E-state index in [1.807, 2.05) is 26.0 Å². The van der Waals surface area contributed by atoms with E-state index < -0.39 is 5.25 Å². The van der Waals surface area contributed by atoms with Crippen molar-refractivity contribution in [3.05, 3.63) is 34.8 Å². The van der Waals surface area contributed by atoms with Gasteiger partial charge in [0.15, 0.2) is 0 Å². The SMILES string of the molecule is CCc1nnc(NC(=O)C(C)Sc2nnnn2-c2ccc(C(C)C)cc2)s1. The highest BCUT2D eigenvalue weighted by Crippen LogP contribution is 2.25. The third-order valence-corrected chi connectivity index (χ3v) is 5.91. The molecule has 2 heterocycles. The molecule has 0 aliphatic heterocycles. The lowest BCUT2D eigenvalue weighted by molar-refractivity contribution is -0.115. The zero-order valence-electron chi connectivity index (χ0n) is 15.6. The number of rotatable bonds is 7. The molecule has 1 atom stereocenters. The molecule has 0 bridgehead atoms. The first-order chi connectivity index (χ1) is 13.0. The summed E-state index contributed by atoms with van der Waals surface area (Å²) in [4.78, 5) is 12.4. The smallest absolute Gasteiger partial charge is 0.239 e. The largest absolute Gasteiger partial charge is 0.300 e. The predicted octanol–water partition coefficient (Wildman–Crippen LogP) is 3.32. The number of hydrogen-bond donors (Lipinski definition) is 1. The lowest BCUT2D eigenvalue weighted by atomic mass is 10.0. The van der Waals surface area contributed by atoms with Crippen molar-refractivity contribution in [2.75, 3.05) is 5.32 Å². The monoisotopic (exact) mass is 403 g/mol. The second-order valence-electron chi connectivity index (χ2n) is 6.22. The van der Waals surface area contributed by atoms with Crippen LogP contribution in [0.3, 0.4) is 0 Å². The summed E-state index contributed by atoms with van der Waals surface area (Å²) in [6.45, 7) is 8.10. The van der Waals surface area contributed by atoms with E-state index in [1.54, 1.807) is 4.68 Å². The summed E-state index contributed by atoms with van der Waals surface area (Å²) >= 11 is 2.67. The van der Waals surface area contributed by atoms with E-state index in [4.69, 9.17) is 0 Å². The highest BCUT2D eigenvalue weighted by Gasteiger charge is 2.20. The van der Waals surface area contributed by atoms with Crippen LogP contribution in [0.5, 0.6) is 0 Å². The fraction of sp³-hybridized carbons (Fsp3) is 0.412. The first-order valence-electron chi connectivity index (χ1n) is 8.66. The molecule has 3 rings (SSSR count). The Bertz CT molecular complexity index is 904. The van der Waals surface area contributed by atoms with Gasteiger partial charge in [-0.1, -0.05) is 56.0 Å². The number of aryl methyl sites for hydroxylation is 1. The Balaban J connectivity index is 1.68. The number of nitrogens with one attached hydrogen (secondary N) is 1. The molecule has 0 saturated heterocycles. The lowest BCUT2D eigenvalue weighted by Crippen LogP contribution is -2.22. The zero-order chi connectivity index (χ0) is 19.4. The molecular weight excluding hydrogens is 382 g/mol. The van der Waals surface area contributed by atoms with E-state index in [0.717, 1.165) is 17.1 Å². The van der Waals surface area contributed by atoms with E-state index in [9.17, 15) is 4.79 Å². The topological polar surface area (TPSA) is 98.5 Å². The van der Waals surface area contributed by atoms with Crippen molar-refractivity contribution in [2.24, 2.45) is 0 Å². The average Bonchev–Trinajstić information content (AvgIpc) is 3.31. The van der Waals surface area contributed by atoms with Crippen LogP contribution in [0.1, 0.15) is 44.2 Å². The minimum atomic E-state index is -0.390. The van der Waals surface area contributed by atoms with Crippen LogP contribution >= 0.6 is 23.1 Å². The van der Waals surface area contributed by atoms with E-state index in [0.29, 0.717) is 16.2 Å². The van der Waals surface area contributed by atoms with Gasteiger partial charge in [-0.2, -0.15) is 4.68 Å². The van der Waals surface area contributed by atoms with Crippen molar-refractivity contribution in [2.45, 2.75) is 50.4 Å². The normalized spacial score (nSPS) is 12.3. The van der Waals surface area contributed by atoms with Gasteiger partial charge in [0.05, 0.1) is 10.9 Å². The molecule has 8 nitrogen and oxygen atoms in total. The number of nitrogens with zero attached hydrogens (tertiary/aromatic N) is 6. The number of aromatic nitrogens is 6. The quantitative estimate of drug-likeness (QED) is 0.604. The van der Waals surface area contributed by atoms with Crippen LogP contribution in [0.4, 0.5) is 5.13 Å². The van der Waals surface area contributed by atoms with Gasteiger partial charge in [-0.25, -0.2) is 0 Å². The van der Waals surface area contributed by atoms with Gasteiger partial charge in [-0.15, -0.1) is 15.3 Å². The number of amides is 1. The molecule has 10 heteroatoms. The van der Waals surface area contributed by atoms with Crippen LogP contribution in [-0.4, -0.2) is 41.6 Å². The van der Waals surface area contributed by atoms with E-state index in [-0.39, 0.29) is 5.91 Å². The summed E-state index contributed by atoms with van der Waals surface area (Å²) < 4.78 is 1.64. The van der Waals surface area contributed by atoms with Crippen LogP contribution < -0.4 is 5.32 Å². The molecule has 0 aliphatic rings. The molecular formula is C17H21N7OS2. The maximum Gasteiger partial charge on any atom is 0.239 e. The molecule has 0 spiro atoms. The Hall–Kier alpha value is -2.33. The second-order valence-corrected chi connectivity index (χ2v) is 8.59. The van der Waals surface area contributed by atoms with Crippen LogP contribution in [0.15, 0.2) is 29.4 Å². The first kappa shape index (κ1) is 19.4.